The molecule has 2 heterocycles. The van der Waals surface area contributed by atoms with E-state index in [1.807, 2.05) is 13.8 Å². The number of hydrogen-bond donors (Lipinski definition) is 0. The van der Waals surface area contributed by atoms with Crippen molar-refractivity contribution in [2.24, 2.45) is 11.8 Å². The average Bonchev–Trinajstić information content (AvgIpc) is 2.82. The smallest absolute Gasteiger partial charge is 0.417 e. The van der Waals surface area contributed by atoms with Crippen LogP contribution in [0.2, 0.25) is 0 Å². The van der Waals surface area contributed by atoms with Crippen molar-refractivity contribution in [3.8, 4) is 0 Å². The Bertz CT molecular complexity index is 276. The zero-order chi connectivity index (χ0) is 15.3. The van der Waals surface area contributed by atoms with E-state index < -0.39 is 0 Å². The standard InChI is InChI=1S/2C7H12BO2.W/c1-5-3-6(4-9-2)10-7(5)8;1-4-6(9-3)5(2)10-7(4)8;/h3,5-7H,4H2,1-2H3;4-7H,2H2,1,3H3;/q2*-1;+2/t5?,6-,7+;4?,5-,6?,7-;/m01./s1. The van der Waals surface area contributed by atoms with Gasteiger partial charge in [0.2, 0.25) is 0 Å². The second-order valence-corrected chi connectivity index (χ2v) is 5.34. The van der Waals surface area contributed by atoms with Gasteiger partial charge >= 0.3 is 21.1 Å². The van der Waals surface area contributed by atoms with Crippen LogP contribution >= 0.6 is 0 Å². The summed E-state index contributed by atoms with van der Waals surface area (Å²) in [5.41, 5.74) is 0. The second kappa shape index (κ2) is 10.4. The molecule has 0 saturated carbocycles. The normalized spacial score (nSPS) is 42.0. The van der Waals surface area contributed by atoms with Crippen molar-refractivity contribution in [1.82, 2.24) is 0 Å². The van der Waals surface area contributed by atoms with Gasteiger partial charge in [-0.3, -0.25) is 6.42 Å². The fourth-order valence-corrected chi connectivity index (χ4v) is 2.37. The van der Waals surface area contributed by atoms with E-state index in [0.717, 1.165) is 0 Å². The molecule has 116 valence electrons. The van der Waals surface area contributed by atoms with Gasteiger partial charge in [0, 0.05) is 26.8 Å². The Morgan fingerprint density at radius 2 is 1.76 bits per heavy atom. The van der Waals surface area contributed by atoms with E-state index in [1.165, 1.54) is 0 Å². The fraction of sp³-hybridized carbons (Fsp3) is 0.857. The largest absolute Gasteiger partial charge is 2.00 e. The Balaban J connectivity index is 0.000000364. The molecule has 0 N–H and O–H groups in total. The minimum atomic E-state index is -0.215. The molecule has 0 spiro atoms. The van der Waals surface area contributed by atoms with Crippen molar-refractivity contribution in [2.75, 3.05) is 20.8 Å². The molecule has 0 aromatic rings. The SMILES string of the molecule is [B][C@@H]1O[C@H](COC)[CH-]C1C.[B][C@@H]1O[C@H]([CH2-])C(OC)C1C.[W+2]. The first-order valence-corrected chi connectivity index (χ1v) is 6.92. The van der Waals surface area contributed by atoms with E-state index in [1.54, 1.807) is 14.2 Å². The molecule has 4 nitrogen and oxygen atoms in total. The van der Waals surface area contributed by atoms with E-state index in [0.29, 0.717) is 12.5 Å². The molecule has 2 rings (SSSR count). The summed E-state index contributed by atoms with van der Waals surface area (Å²) in [5, 5.41) is 0. The van der Waals surface area contributed by atoms with E-state index in [4.69, 9.17) is 34.6 Å². The predicted molar refractivity (Wildman–Crippen MR) is 79.5 cm³/mol. The van der Waals surface area contributed by atoms with Crippen LogP contribution in [-0.4, -0.2) is 66.8 Å². The maximum absolute atomic E-state index is 5.59. The molecular weight excluding hydrogens is 438 g/mol. The Morgan fingerprint density at radius 1 is 1.14 bits per heavy atom. The predicted octanol–water partition coefficient (Wildman–Crippen LogP) is 0.729. The first kappa shape index (κ1) is 21.7. The minimum absolute atomic E-state index is 0. The molecule has 0 aromatic carbocycles. The van der Waals surface area contributed by atoms with Gasteiger partial charge in [0.15, 0.2) is 0 Å². The maximum Gasteiger partial charge on any atom is 2.00 e. The zero-order valence-corrected chi connectivity index (χ0v) is 16.2. The molecule has 7 atom stereocenters. The van der Waals surface area contributed by atoms with Crippen LogP contribution in [0, 0.1) is 25.2 Å². The van der Waals surface area contributed by atoms with E-state index >= 15 is 0 Å². The van der Waals surface area contributed by atoms with Gasteiger partial charge in [0.25, 0.3) is 0 Å². The summed E-state index contributed by atoms with van der Waals surface area (Å²) < 4.78 is 20.6. The molecule has 4 radical (unpaired) electrons. The van der Waals surface area contributed by atoms with Crippen LogP contribution < -0.4 is 0 Å². The van der Waals surface area contributed by atoms with Gasteiger partial charge in [-0.25, -0.2) is 0 Å². The van der Waals surface area contributed by atoms with E-state index in [-0.39, 0.29) is 57.3 Å². The van der Waals surface area contributed by atoms with Gasteiger partial charge in [-0.05, 0) is 24.1 Å². The van der Waals surface area contributed by atoms with Crippen LogP contribution in [0.3, 0.4) is 0 Å². The summed E-state index contributed by atoms with van der Waals surface area (Å²) in [6.45, 7) is 8.42. The molecule has 3 unspecified atom stereocenters. The van der Waals surface area contributed by atoms with Crippen molar-refractivity contribution in [2.45, 2.75) is 44.2 Å². The third kappa shape index (κ3) is 6.35. The Labute approximate surface area is 146 Å². The number of ether oxygens (including phenoxy) is 4. The van der Waals surface area contributed by atoms with Crippen LogP contribution in [-0.2, 0) is 40.0 Å². The van der Waals surface area contributed by atoms with Gasteiger partial charge in [-0.1, -0.05) is 13.8 Å². The summed E-state index contributed by atoms with van der Waals surface area (Å²) in [5.74, 6) is 0.590. The van der Waals surface area contributed by atoms with Crippen molar-refractivity contribution < 1.29 is 40.0 Å². The van der Waals surface area contributed by atoms with Crippen molar-refractivity contribution in [3.63, 3.8) is 0 Å². The summed E-state index contributed by atoms with van der Waals surface area (Å²) in [7, 11) is 14.5. The van der Waals surface area contributed by atoms with Gasteiger partial charge in [-0.2, -0.15) is 5.92 Å². The van der Waals surface area contributed by atoms with Crippen LogP contribution in [0.4, 0.5) is 0 Å². The van der Waals surface area contributed by atoms with E-state index in [2.05, 4.69) is 13.3 Å². The summed E-state index contributed by atoms with van der Waals surface area (Å²) in [6.07, 6.45) is 2.11. The number of hydrogen-bond acceptors (Lipinski definition) is 4. The molecule has 0 aromatic heterocycles. The fourth-order valence-electron chi connectivity index (χ4n) is 2.37. The van der Waals surface area contributed by atoms with Crippen LogP contribution in [0.15, 0.2) is 0 Å². The maximum atomic E-state index is 5.59. The molecule has 2 aliphatic rings. The summed E-state index contributed by atoms with van der Waals surface area (Å²) >= 11 is 0. The molecule has 0 amide bonds. The van der Waals surface area contributed by atoms with Crippen molar-refractivity contribution in [1.29, 1.82) is 0 Å². The van der Waals surface area contributed by atoms with Gasteiger partial charge in [0.1, 0.15) is 15.7 Å². The molecule has 0 bridgehead atoms. The number of methoxy groups -OCH3 is 2. The number of rotatable bonds is 3. The van der Waals surface area contributed by atoms with Crippen LogP contribution in [0.5, 0.6) is 0 Å². The molecule has 0 aliphatic carbocycles. The Kier molecular flexibility index (Phi) is 10.8. The quantitative estimate of drug-likeness (QED) is 0.459. The van der Waals surface area contributed by atoms with Crippen LogP contribution in [0.1, 0.15) is 13.8 Å². The molecule has 2 fully saturated rings. The molecule has 2 saturated heterocycles. The molecule has 2 aliphatic heterocycles. The molecule has 7 heteroatoms. The molecular formula is C14H24B2O4W. The van der Waals surface area contributed by atoms with E-state index in [9.17, 15) is 0 Å². The average molecular weight is 462 g/mol. The van der Waals surface area contributed by atoms with Crippen molar-refractivity contribution in [3.05, 3.63) is 13.3 Å². The zero-order valence-electron chi connectivity index (χ0n) is 13.2. The Hall–Kier alpha value is 0.658. The minimum Gasteiger partial charge on any atom is -0.417 e. The third-order valence-corrected chi connectivity index (χ3v) is 3.71. The molecule has 21 heavy (non-hydrogen) atoms. The first-order chi connectivity index (χ1) is 9.40. The van der Waals surface area contributed by atoms with Crippen molar-refractivity contribution >= 4 is 15.7 Å². The van der Waals surface area contributed by atoms with Gasteiger partial charge in [0.05, 0.1) is 6.10 Å². The monoisotopic (exact) mass is 462 g/mol. The third-order valence-electron chi connectivity index (χ3n) is 3.71. The van der Waals surface area contributed by atoms with Crippen LogP contribution in [0.25, 0.3) is 0 Å². The second-order valence-electron chi connectivity index (χ2n) is 5.34. The topological polar surface area (TPSA) is 36.9 Å². The first-order valence-electron chi connectivity index (χ1n) is 6.92. The summed E-state index contributed by atoms with van der Waals surface area (Å²) in [4.78, 5) is 0. The Morgan fingerprint density at radius 3 is 2.05 bits per heavy atom. The van der Waals surface area contributed by atoms with Gasteiger partial charge in [-0.15, -0.1) is 0 Å². The summed E-state index contributed by atoms with van der Waals surface area (Å²) in [6, 6.07) is -0.354. The van der Waals surface area contributed by atoms with Gasteiger partial charge < -0.3 is 25.9 Å².